The maximum atomic E-state index is 12.6. The fraction of sp³-hybridized carbons (Fsp3) is 0.467. The number of nitrogens with zero attached hydrogens (tertiary/aromatic N) is 5. The highest BCUT2D eigenvalue weighted by Crippen LogP contribution is 2.36. The maximum Gasteiger partial charge on any atom is 0.249 e. The molecule has 0 spiro atoms. The Balaban J connectivity index is 2.16. The molecule has 1 aliphatic rings. The van der Waals surface area contributed by atoms with Crippen LogP contribution in [0, 0.1) is 0 Å². The fourth-order valence-electron chi connectivity index (χ4n) is 2.89. The molecule has 1 amide bonds. The third-order valence-corrected chi connectivity index (χ3v) is 4.01. The molecular formula is C15H20N6O. The predicted molar refractivity (Wildman–Crippen MR) is 84.7 cm³/mol. The maximum absolute atomic E-state index is 12.6. The minimum absolute atomic E-state index is 0.0864. The molecule has 0 aromatic carbocycles. The van der Waals surface area contributed by atoms with Crippen molar-refractivity contribution in [2.45, 2.75) is 39.3 Å². The van der Waals surface area contributed by atoms with Gasteiger partial charge in [0, 0.05) is 19.3 Å². The highest BCUT2D eigenvalue weighted by Gasteiger charge is 2.38. The lowest BCUT2D eigenvalue weighted by Crippen LogP contribution is -2.54. The van der Waals surface area contributed by atoms with Crippen LogP contribution in [0.25, 0.3) is 11.4 Å². The normalized spacial score (nSPS) is 18.0. The number of rotatable bonds is 3. The first-order valence-electron chi connectivity index (χ1n) is 7.46. The monoisotopic (exact) mass is 300 g/mol. The Bertz CT molecular complexity index is 681. The lowest BCUT2D eigenvalue weighted by atomic mass is 10.1. The van der Waals surface area contributed by atoms with Crippen LogP contribution >= 0.6 is 0 Å². The number of anilines is 2. The first-order valence-corrected chi connectivity index (χ1v) is 7.46. The van der Waals surface area contributed by atoms with E-state index in [1.54, 1.807) is 30.5 Å². The summed E-state index contributed by atoms with van der Waals surface area (Å²) in [5.74, 6) is 1.49. The van der Waals surface area contributed by atoms with Crippen molar-refractivity contribution < 1.29 is 4.79 Å². The minimum Gasteiger partial charge on any atom is -0.340 e. The van der Waals surface area contributed by atoms with Crippen molar-refractivity contribution in [3.8, 4) is 11.4 Å². The molecule has 0 bridgehead atoms. The molecule has 0 unspecified atom stereocenters. The summed E-state index contributed by atoms with van der Waals surface area (Å²) < 4.78 is 0. The summed E-state index contributed by atoms with van der Waals surface area (Å²) in [7, 11) is 1.78. The molecule has 0 fully saturated rings. The number of aromatic nitrogens is 4. The smallest absolute Gasteiger partial charge is 0.249 e. The molecule has 0 aliphatic carbocycles. The van der Waals surface area contributed by atoms with E-state index in [0.29, 0.717) is 5.82 Å². The van der Waals surface area contributed by atoms with Gasteiger partial charge in [0.1, 0.15) is 11.7 Å². The second kappa shape index (κ2) is 5.40. The Morgan fingerprint density at radius 1 is 1.36 bits per heavy atom. The first kappa shape index (κ1) is 14.5. The van der Waals surface area contributed by atoms with Gasteiger partial charge in [-0.05, 0) is 20.3 Å². The van der Waals surface area contributed by atoms with E-state index in [4.69, 9.17) is 4.98 Å². The van der Waals surface area contributed by atoms with Gasteiger partial charge in [0.05, 0.1) is 18.0 Å². The largest absolute Gasteiger partial charge is 0.340 e. The summed E-state index contributed by atoms with van der Waals surface area (Å²) in [4.78, 5) is 25.4. The van der Waals surface area contributed by atoms with Crippen LogP contribution in [0.3, 0.4) is 0 Å². The molecule has 0 radical (unpaired) electrons. The van der Waals surface area contributed by atoms with E-state index in [1.165, 1.54) is 0 Å². The molecule has 7 nitrogen and oxygen atoms in total. The number of carbonyl (C=O) groups excluding carboxylic acids is 1. The quantitative estimate of drug-likeness (QED) is 0.935. The Hall–Kier alpha value is -2.44. The van der Waals surface area contributed by atoms with Crippen LogP contribution in [0.15, 0.2) is 18.6 Å². The Labute approximate surface area is 129 Å². The third-order valence-electron chi connectivity index (χ3n) is 4.01. The summed E-state index contributed by atoms with van der Waals surface area (Å²) in [6, 6.07) is -0.0157. The average molecular weight is 300 g/mol. The molecule has 2 aromatic heterocycles. The van der Waals surface area contributed by atoms with Gasteiger partial charge in [-0.15, -0.1) is 0 Å². The number of likely N-dealkylation sites (N-methyl/N-ethyl adjacent to an activating group) is 1. The molecule has 2 aromatic rings. The van der Waals surface area contributed by atoms with Crippen molar-refractivity contribution in [2.75, 3.05) is 16.8 Å². The van der Waals surface area contributed by atoms with Crippen LogP contribution < -0.4 is 9.80 Å². The highest BCUT2D eigenvalue weighted by atomic mass is 16.2. The van der Waals surface area contributed by atoms with Gasteiger partial charge in [0.25, 0.3) is 0 Å². The first-order chi connectivity index (χ1) is 10.5. The summed E-state index contributed by atoms with van der Waals surface area (Å²) in [6.45, 7) is 6.17. The number of amides is 1. The van der Waals surface area contributed by atoms with E-state index in [-0.39, 0.29) is 18.0 Å². The van der Waals surface area contributed by atoms with E-state index >= 15 is 0 Å². The molecule has 0 saturated carbocycles. The lowest BCUT2D eigenvalue weighted by Gasteiger charge is -2.42. The van der Waals surface area contributed by atoms with Crippen LogP contribution in [0.5, 0.6) is 0 Å². The zero-order valence-electron chi connectivity index (χ0n) is 13.2. The van der Waals surface area contributed by atoms with Gasteiger partial charge in [0.15, 0.2) is 11.6 Å². The molecular weight excluding hydrogens is 280 g/mol. The van der Waals surface area contributed by atoms with Crippen LogP contribution in [0.2, 0.25) is 0 Å². The zero-order valence-corrected chi connectivity index (χ0v) is 13.2. The van der Waals surface area contributed by atoms with Crippen LogP contribution in [-0.4, -0.2) is 45.2 Å². The predicted octanol–water partition coefficient (Wildman–Crippen LogP) is 1.84. The van der Waals surface area contributed by atoms with Crippen molar-refractivity contribution in [3.05, 3.63) is 18.6 Å². The molecule has 116 valence electrons. The average Bonchev–Trinajstić information content (AvgIpc) is 3.04. The van der Waals surface area contributed by atoms with E-state index in [1.807, 2.05) is 6.92 Å². The van der Waals surface area contributed by atoms with Gasteiger partial charge in [-0.2, -0.15) is 5.10 Å². The van der Waals surface area contributed by atoms with E-state index in [2.05, 4.69) is 33.9 Å². The van der Waals surface area contributed by atoms with Gasteiger partial charge in [0.2, 0.25) is 5.91 Å². The van der Waals surface area contributed by atoms with Gasteiger partial charge in [-0.25, -0.2) is 9.97 Å². The summed E-state index contributed by atoms with van der Waals surface area (Å²) in [6.07, 6.45) is 5.91. The fourth-order valence-corrected chi connectivity index (χ4v) is 2.89. The number of hydrogen-bond donors (Lipinski definition) is 1. The van der Waals surface area contributed by atoms with Gasteiger partial charge in [-0.1, -0.05) is 6.92 Å². The topological polar surface area (TPSA) is 78.0 Å². The van der Waals surface area contributed by atoms with E-state index < -0.39 is 0 Å². The van der Waals surface area contributed by atoms with E-state index in [0.717, 1.165) is 23.5 Å². The molecule has 22 heavy (non-hydrogen) atoms. The number of H-pyrrole nitrogens is 1. The number of aromatic amines is 1. The molecule has 7 heteroatoms. The molecule has 1 aliphatic heterocycles. The Kier molecular flexibility index (Phi) is 3.56. The zero-order chi connectivity index (χ0) is 15.9. The molecule has 3 rings (SSSR count). The lowest BCUT2D eigenvalue weighted by molar-refractivity contribution is -0.120. The van der Waals surface area contributed by atoms with Crippen LogP contribution in [0.4, 0.5) is 11.5 Å². The van der Waals surface area contributed by atoms with Gasteiger partial charge >= 0.3 is 0 Å². The van der Waals surface area contributed by atoms with Crippen molar-refractivity contribution in [2.24, 2.45) is 0 Å². The number of fused-ring (bicyclic) bond motifs is 1. The number of nitrogens with one attached hydrogen (secondary N) is 1. The molecule has 1 atom stereocenters. The van der Waals surface area contributed by atoms with Crippen molar-refractivity contribution >= 4 is 17.4 Å². The van der Waals surface area contributed by atoms with Crippen molar-refractivity contribution in [1.82, 2.24) is 20.2 Å². The van der Waals surface area contributed by atoms with Crippen molar-refractivity contribution in [1.29, 1.82) is 0 Å². The second-order valence-electron chi connectivity index (χ2n) is 5.71. The Morgan fingerprint density at radius 2 is 2.14 bits per heavy atom. The third kappa shape index (κ3) is 2.13. The van der Waals surface area contributed by atoms with Gasteiger partial charge < -0.3 is 9.80 Å². The standard InChI is InChI=1S/C15H20N6O/c1-5-11-15(22)20(4)12-8-16-13(10-6-17-18-7-10)19-14(12)21(11)9(2)3/h6-9,11H,5H2,1-4H3,(H,17,18)/t11-/m1/s1. The summed E-state index contributed by atoms with van der Waals surface area (Å²) >= 11 is 0. The Morgan fingerprint density at radius 3 is 2.73 bits per heavy atom. The molecule has 0 saturated heterocycles. The molecule has 1 N–H and O–H groups in total. The molecule has 3 heterocycles. The van der Waals surface area contributed by atoms with Crippen LogP contribution in [-0.2, 0) is 4.79 Å². The highest BCUT2D eigenvalue weighted by molar-refractivity contribution is 6.04. The summed E-state index contributed by atoms with van der Waals surface area (Å²) in [5, 5.41) is 6.71. The van der Waals surface area contributed by atoms with Crippen LogP contribution in [0.1, 0.15) is 27.2 Å². The van der Waals surface area contributed by atoms with E-state index in [9.17, 15) is 4.79 Å². The SMILES string of the molecule is CC[C@@H]1C(=O)N(C)c2cnc(-c3cn[nH]c3)nc2N1C(C)C. The number of carbonyl (C=O) groups is 1. The second-order valence-corrected chi connectivity index (χ2v) is 5.71. The summed E-state index contributed by atoms with van der Waals surface area (Å²) in [5.41, 5.74) is 1.58. The van der Waals surface area contributed by atoms with Crippen molar-refractivity contribution in [3.63, 3.8) is 0 Å². The van der Waals surface area contributed by atoms with Gasteiger partial charge in [-0.3, -0.25) is 9.89 Å². The minimum atomic E-state index is -0.190. The number of hydrogen-bond acceptors (Lipinski definition) is 5.